The minimum Gasteiger partial charge on any atom is -0.376 e. The minimum atomic E-state index is 0.0384. The summed E-state index contributed by atoms with van der Waals surface area (Å²) in [5.74, 6) is 0. The second-order valence-electron chi connectivity index (χ2n) is 12.5. The Labute approximate surface area is 268 Å². The van der Waals surface area contributed by atoms with Crippen molar-refractivity contribution in [1.29, 1.82) is 0 Å². The molecular weight excluding hydrogens is 555 g/mol. The molecular formula is C43H29BN2. The average Bonchev–Trinajstić information content (AvgIpc) is 3.46. The van der Waals surface area contributed by atoms with E-state index in [0.717, 1.165) is 0 Å². The Bertz CT molecular complexity index is 2490. The minimum absolute atomic E-state index is 0.0384. The first kappa shape index (κ1) is 25.5. The quantitative estimate of drug-likeness (QED) is 0.188. The van der Waals surface area contributed by atoms with Gasteiger partial charge in [-0.25, -0.2) is 0 Å². The maximum atomic E-state index is 2.60. The normalized spacial score (nSPS) is 12.8. The molecule has 0 unspecified atom stereocenters. The SMILES string of the molecule is Cc1ccccc1N1B2c3c(cccc3-n3c4cc(-c5ccccc5)cc(-c5ccccc5)c4c4cccc2c43)-c2ccccc21. The summed E-state index contributed by atoms with van der Waals surface area (Å²) in [6.45, 7) is 2.27. The summed E-state index contributed by atoms with van der Waals surface area (Å²) in [4.78, 5) is 2.60. The lowest BCUT2D eigenvalue weighted by atomic mass is 9.44. The predicted molar refractivity (Wildman–Crippen MR) is 195 cm³/mol. The van der Waals surface area contributed by atoms with Crippen molar-refractivity contribution in [2.75, 3.05) is 4.81 Å². The number of hydrogen-bond donors (Lipinski definition) is 0. The highest BCUT2D eigenvalue weighted by atomic mass is 15.1. The van der Waals surface area contributed by atoms with Crippen molar-refractivity contribution in [2.45, 2.75) is 6.92 Å². The number of benzene rings is 7. The molecule has 214 valence electrons. The molecule has 8 aromatic rings. The van der Waals surface area contributed by atoms with Crippen molar-refractivity contribution in [3.05, 3.63) is 163 Å². The van der Waals surface area contributed by atoms with E-state index in [4.69, 9.17) is 0 Å². The Morgan fingerprint density at radius 3 is 1.93 bits per heavy atom. The van der Waals surface area contributed by atoms with E-state index in [1.54, 1.807) is 0 Å². The van der Waals surface area contributed by atoms with E-state index in [0.29, 0.717) is 0 Å². The van der Waals surface area contributed by atoms with Crippen LogP contribution >= 0.6 is 0 Å². The summed E-state index contributed by atoms with van der Waals surface area (Å²) in [6, 6.07) is 58.1. The summed E-state index contributed by atoms with van der Waals surface area (Å²) in [7, 11) is 0. The van der Waals surface area contributed by atoms with Crippen molar-refractivity contribution in [3.8, 4) is 39.1 Å². The second-order valence-corrected chi connectivity index (χ2v) is 12.5. The van der Waals surface area contributed by atoms with Gasteiger partial charge < -0.3 is 9.38 Å². The maximum absolute atomic E-state index is 2.60. The van der Waals surface area contributed by atoms with Gasteiger partial charge in [0.1, 0.15) is 0 Å². The number of aromatic nitrogens is 1. The number of rotatable bonds is 3. The molecule has 2 aliphatic heterocycles. The molecule has 10 rings (SSSR count). The lowest BCUT2D eigenvalue weighted by Crippen LogP contribution is -2.60. The topological polar surface area (TPSA) is 8.17 Å². The molecule has 0 saturated carbocycles. The van der Waals surface area contributed by atoms with E-state index >= 15 is 0 Å². The molecule has 0 N–H and O–H groups in total. The summed E-state index contributed by atoms with van der Waals surface area (Å²) < 4.78 is 2.57. The number of aryl methyl sites for hydroxylation is 1. The van der Waals surface area contributed by atoms with E-state index in [-0.39, 0.29) is 6.85 Å². The van der Waals surface area contributed by atoms with Crippen LogP contribution in [0.1, 0.15) is 5.56 Å². The zero-order valence-corrected chi connectivity index (χ0v) is 25.5. The van der Waals surface area contributed by atoms with Gasteiger partial charge in [-0.15, -0.1) is 0 Å². The third kappa shape index (κ3) is 3.43. The van der Waals surface area contributed by atoms with Crippen LogP contribution in [0.4, 0.5) is 11.4 Å². The first-order chi connectivity index (χ1) is 22.8. The van der Waals surface area contributed by atoms with Crippen LogP contribution in [-0.4, -0.2) is 11.4 Å². The number of anilines is 2. The van der Waals surface area contributed by atoms with Crippen LogP contribution in [0, 0.1) is 6.92 Å². The highest BCUT2D eigenvalue weighted by Gasteiger charge is 2.43. The van der Waals surface area contributed by atoms with Crippen molar-refractivity contribution in [1.82, 2.24) is 4.57 Å². The van der Waals surface area contributed by atoms with Crippen LogP contribution in [0.25, 0.3) is 60.9 Å². The van der Waals surface area contributed by atoms with Gasteiger partial charge in [-0.05, 0) is 81.6 Å². The number of hydrogen-bond acceptors (Lipinski definition) is 1. The van der Waals surface area contributed by atoms with Gasteiger partial charge in [-0.1, -0.05) is 127 Å². The van der Waals surface area contributed by atoms with Crippen LogP contribution in [-0.2, 0) is 0 Å². The van der Waals surface area contributed by atoms with Crippen molar-refractivity contribution in [3.63, 3.8) is 0 Å². The molecule has 0 saturated heterocycles. The van der Waals surface area contributed by atoms with E-state index in [1.165, 1.54) is 88.7 Å². The third-order valence-corrected chi connectivity index (χ3v) is 10.1. The van der Waals surface area contributed by atoms with Crippen LogP contribution < -0.4 is 15.7 Å². The summed E-state index contributed by atoms with van der Waals surface area (Å²) >= 11 is 0. The summed E-state index contributed by atoms with van der Waals surface area (Å²) in [5, 5.41) is 2.60. The largest absolute Gasteiger partial charge is 0.376 e. The molecule has 0 atom stereocenters. The Morgan fingerprint density at radius 1 is 0.478 bits per heavy atom. The highest BCUT2D eigenvalue weighted by molar-refractivity contribution is 6.93. The molecule has 0 fully saturated rings. The molecule has 1 aromatic heterocycles. The van der Waals surface area contributed by atoms with Gasteiger partial charge in [0.2, 0.25) is 0 Å². The van der Waals surface area contributed by atoms with Crippen LogP contribution in [0.3, 0.4) is 0 Å². The standard InChI is InChI=1S/C43H29BN2/c1-28-14-8-10-23-37(28)46-38-24-11-9-19-32(38)33-20-13-25-39-42(33)44(46)36-22-12-21-34-41-35(30-17-6-3-7-18-30)26-31(29-15-4-2-5-16-29)27-40(41)45(39)43(34)36/h2-27H,1H3. The number of fused-ring (bicyclic) bond motifs is 7. The predicted octanol–water partition coefficient (Wildman–Crippen LogP) is 9.66. The summed E-state index contributed by atoms with van der Waals surface area (Å²) in [5.41, 5.74) is 17.8. The second kappa shape index (κ2) is 9.60. The molecule has 0 radical (unpaired) electrons. The Morgan fingerprint density at radius 2 is 1.13 bits per heavy atom. The fraction of sp³-hybridized carbons (Fsp3) is 0.0233. The Balaban J connectivity index is 1.39. The van der Waals surface area contributed by atoms with Gasteiger partial charge in [-0.3, -0.25) is 0 Å². The van der Waals surface area contributed by atoms with E-state index in [1.807, 2.05) is 0 Å². The first-order valence-electron chi connectivity index (χ1n) is 16.1. The fourth-order valence-corrected chi connectivity index (χ4v) is 8.18. The van der Waals surface area contributed by atoms with Gasteiger partial charge >= 0.3 is 6.85 Å². The monoisotopic (exact) mass is 584 g/mol. The molecule has 7 aromatic carbocycles. The van der Waals surface area contributed by atoms with Crippen LogP contribution in [0.5, 0.6) is 0 Å². The lowest BCUT2D eigenvalue weighted by molar-refractivity contribution is 1.18. The number of para-hydroxylation sites is 3. The third-order valence-electron chi connectivity index (χ3n) is 10.1. The van der Waals surface area contributed by atoms with Crippen molar-refractivity contribution in [2.24, 2.45) is 0 Å². The zero-order valence-electron chi connectivity index (χ0n) is 25.5. The molecule has 46 heavy (non-hydrogen) atoms. The van der Waals surface area contributed by atoms with Gasteiger partial charge in [0.05, 0.1) is 11.0 Å². The molecule has 0 aliphatic carbocycles. The zero-order chi connectivity index (χ0) is 30.4. The van der Waals surface area contributed by atoms with Gasteiger partial charge in [0.15, 0.2) is 0 Å². The van der Waals surface area contributed by atoms with E-state index in [9.17, 15) is 0 Å². The maximum Gasteiger partial charge on any atom is 0.333 e. The van der Waals surface area contributed by atoms with Gasteiger partial charge in [0.25, 0.3) is 0 Å². The van der Waals surface area contributed by atoms with Gasteiger partial charge in [0, 0.05) is 33.4 Å². The molecule has 2 aliphatic rings. The lowest BCUT2D eigenvalue weighted by Gasteiger charge is -2.42. The average molecular weight is 585 g/mol. The molecule has 0 bridgehead atoms. The Hall–Kier alpha value is -5.80. The van der Waals surface area contributed by atoms with Crippen molar-refractivity contribution < 1.29 is 0 Å². The molecule has 3 heterocycles. The molecule has 0 amide bonds. The first-order valence-corrected chi connectivity index (χ1v) is 16.1. The number of nitrogens with zero attached hydrogens (tertiary/aromatic N) is 2. The van der Waals surface area contributed by atoms with Gasteiger partial charge in [-0.2, -0.15) is 0 Å². The van der Waals surface area contributed by atoms with Crippen LogP contribution in [0.15, 0.2) is 158 Å². The summed E-state index contributed by atoms with van der Waals surface area (Å²) in [6.07, 6.45) is 0. The smallest absolute Gasteiger partial charge is 0.333 e. The van der Waals surface area contributed by atoms with E-state index < -0.39 is 0 Å². The molecule has 0 spiro atoms. The van der Waals surface area contributed by atoms with Crippen molar-refractivity contribution >= 4 is 51.0 Å². The van der Waals surface area contributed by atoms with Crippen LogP contribution in [0.2, 0.25) is 0 Å². The molecule has 3 heteroatoms. The molecule has 2 nitrogen and oxygen atoms in total. The fourth-order valence-electron chi connectivity index (χ4n) is 8.18. The Kier molecular flexibility index (Phi) is 5.33. The van der Waals surface area contributed by atoms with E-state index in [2.05, 4.69) is 174 Å². The highest BCUT2D eigenvalue weighted by Crippen LogP contribution is 2.46.